The Morgan fingerprint density at radius 3 is 0.643 bits per heavy atom. The molecule has 0 amide bonds. The van der Waals surface area contributed by atoms with Crippen LogP contribution in [0.1, 0.15) is 0 Å². The van der Waals surface area contributed by atoms with E-state index in [1.54, 1.807) is 0 Å². The Morgan fingerprint density at radius 1 is 0.500 bits per heavy atom. The van der Waals surface area contributed by atoms with Crippen LogP contribution in [0.2, 0.25) is 0 Å². The molecule has 8 heteroatoms. The maximum atomic E-state index is 8.58. The molecule has 0 heterocycles. The number of nitrogens with zero attached hydrogens (tertiary/aromatic N) is 6. The van der Waals surface area contributed by atoms with E-state index >= 15 is 0 Å². The molecule has 0 rings (SSSR count). The fourth-order valence-electron chi connectivity index (χ4n) is 0.250. The van der Waals surface area contributed by atoms with E-state index in [2.05, 4.69) is 0 Å². The average Bonchev–Trinajstić information content (AvgIpc) is 2.26. The molecule has 1 radical (unpaired) electrons. The standard InChI is InChI=1S/6CN.Co.Mn/c6*1-2;;. The molecule has 0 atom stereocenters. The van der Waals surface area contributed by atoms with Crippen molar-refractivity contribution in [3.05, 3.63) is 0 Å². The maximum absolute atomic E-state index is 8.58. The maximum Gasteiger partial charge on any atom is 0 e. The fraction of sp³-hybridized carbons (Fsp3) is 0. The summed E-state index contributed by atoms with van der Waals surface area (Å²) in [6, 6.07) is 0. The summed E-state index contributed by atoms with van der Waals surface area (Å²) in [5.74, 6) is 0. The topological polar surface area (TPSA) is 143 Å². The Hall–Kier alpha value is -2.03. The van der Waals surface area contributed by atoms with Crippen molar-refractivity contribution in [3.8, 4) is 30.0 Å². The molecule has 0 aliphatic carbocycles. The molecular formula is C6CoMnN6. The number of hydrogen-bond acceptors (Lipinski definition) is 6. The molecule has 0 unspecified atom stereocenters. The van der Waals surface area contributed by atoms with Crippen LogP contribution in [0.25, 0.3) is 0 Å². The average molecular weight is 270 g/mol. The molecule has 0 saturated heterocycles. The van der Waals surface area contributed by atoms with Crippen LogP contribution in [0, 0.1) is 61.6 Å². The third-order valence-corrected chi connectivity index (χ3v) is 4.61. The van der Waals surface area contributed by atoms with Crippen molar-refractivity contribution < 1.29 is 27.6 Å². The van der Waals surface area contributed by atoms with Gasteiger partial charge in [0, 0.05) is 17.1 Å². The molecule has 14 heavy (non-hydrogen) atoms. The van der Waals surface area contributed by atoms with Gasteiger partial charge in [-0.2, -0.15) is 0 Å². The monoisotopic (exact) mass is 270 g/mol. The zero-order valence-electron chi connectivity index (χ0n) is 6.39. The summed E-state index contributed by atoms with van der Waals surface area (Å²) >= 11 is 0. The van der Waals surface area contributed by atoms with E-state index in [-0.39, 0.29) is 17.1 Å². The van der Waals surface area contributed by atoms with E-state index < -0.39 is 10.5 Å². The van der Waals surface area contributed by atoms with E-state index in [9.17, 15) is 0 Å². The van der Waals surface area contributed by atoms with Crippen LogP contribution in [-0.2, 0) is 27.6 Å². The van der Waals surface area contributed by atoms with Gasteiger partial charge in [-0.3, -0.25) is 0 Å². The van der Waals surface area contributed by atoms with Crippen LogP contribution < -0.4 is 0 Å². The van der Waals surface area contributed by atoms with Crippen molar-refractivity contribution in [2.24, 2.45) is 0 Å². The van der Waals surface area contributed by atoms with E-state index in [4.69, 9.17) is 31.6 Å². The largest absolute Gasteiger partial charge is 0 e. The van der Waals surface area contributed by atoms with Crippen molar-refractivity contribution in [1.29, 1.82) is 31.6 Å². The van der Waals surface area contributed by atoms with Gasteiger partial charge in [0.25, 0.3) is 0 Å². The normalized spacial score (nSPS) is 12.4. The van der Waals surface area contributed by atoms with Gasteiger partial charge in [-0.25, -0.2) is 0 Å². The van der Waals surface area contributed by atoms with Gasteiger partial charge in [0.2, 0.25) is 0 Å². The van der Waals surface area contributed by atoms with E-state index in [1.807, 2.05) is 0 Å². The van der Waals surface area contributed by atoms with Crippen LogP contribution in [0.15, 0.2) is 0 Å². The minimum atomic E-state index is -6.03. The van der Waals surface area contributed by atoms with Gasteiger partial charge in [-0.05, 0) is 0 Å². The van der Waals surface area contributed by atoms with Gasteiger partial charge >= 0.3 is 72.1 Å². The predicted molar refractivity (Wildman–Crippen MR) is 33.7 cm³/mol. The Kier molecular flexibility index (Phi) is 3.13. The molecule has 0 aliphatic heterocycles. The summed E-state index contributed by atoms with van der Waals surface area (Å²) in [5, 5.41) is 57.6. The van der Waals surface area contributed by atoms with Crippen molar-refractivity contribution in [3.63, 3.8) is 0 Å². The first-order valence-corrected chi connectivity index (χ1v) is 5.46. The Morgan fingerprint density at radius 2 is 0.643 bits per heavy atom. The molecule has 0 aliphatic rings. The van der Waals surface area contributed by atoms with Crippen molar-refractivity contribution in [2.75, 3.05) is 0 Å². The summed E-state index contributed by atoms with van der Waals surface area (Å²) in [7, 11) is -6.03. The van der Waals surface area contributed by atoms with Crippen LogP contribution in [0.3, 0.4) is 0 Å². The fourth-order valence-corrected chi connectivity index (χ4v) is 1.03. The quantitative estimate of drug-likeness (QED) is 0.570. The number of rotatable bonds is 0. The Labute approximate surface area is 89.2 Å². The SMILES string of the molecule is N#[C][Co]([C]#N)([C]#N)([C]#N)([C]#N)[C]#N.[Mn]. The van der Waals surface area contributed by atoms with Crippen molar-refractivity contribution in [2.45, 2.75) is 0 Å². The summed E-state index contributed by atoms with van der Waals surface area (Å²) in [6.45, 7) is 0. The van der Waals surface area contributed by atoms with Crippen LogP contribution in [0.4, 0.5) is 0 Å². The molecule has 70 valence electrons. The smallest absolute Gasteiger partial charge is 0 e. The van der Waals surface area contributed by atoms with Gasteiger partial charge < -0.3 is 0 Å². The van der Waals surface area contributed by atoms with Gasteiger partial charge in [0.15, 0.2) is 0 Å². The van der Waals surface area contributed by atoms with Crippen LogP contribution in [-0.4, -0.2) is 0 Å². The van der Waals surface area contributed by atoms with Crippen molar-refractivity contribution >= 4 is 0 Å². The molecule has 0 fully saturated rings. The van der Waals surface area contributed by atoms with E-state index in [1.165, 1.54) is 0 Å². The minimum absolute atomic E-state index is 0. The van der Waals surface area contributed by atoms with Gasteiger partial charge in [-0.15, -0.1) is 0 Å². The summed E-state index contributed by atoms with van der Waals surface area (Å²) < 4.78 is 0. The van der Waals surface area contributed by atoms with Crippen LogP contribution >= 0.6 is 0 Å². The summed E-state index contributed by atoms with van der Waals surface area (Å²) in [5.41, 5.74) is 0. The summed E-state index contributed by atoms with van der Waals surface area (Å²) in [6.07, 6.45) is 0. The molecule has 6 nitrogen and oxygen atoms in total. The third kappa shape index (κ3) is 1.02. The first-order chi connectivity index (χ1) is 5.97. The zero-order chi connectivity index (χ0) is 10.7. The summed E-state index contributed by atoms with van der Waals surface area (Å²) in [4.78, 5) is 0. The van der Waals surface area contributed by atoms with Crippen LogP contribution in [0.5, 0.6) is 0 Å². The second kappa shape index (κ2) is 3.03. The Balaban J connectivity index is 0. The van der Waals surface area contributed by atoms with E-state index in [0.29, 0.717) is 0 Å². The molecule has 0 spiro atoms. The predicted octanol–water partition coefficient (Wildman–Crippen LogP) is 0.0957. The molecular weight excluding hydrogens is 270 g/mol. The van der Waals surface area contributed by atoms with E-state index in [0.717, 1.165) is 30.0 Å². The second-order valence-corrected chi connectivity index (χ2v) is 7.00. The van der Waals surface area contributed by atoms with Gasteiger partial charge in [0.1, 0.15) is 0 Å². The number of hydrogen-bond donors (Lipinski definition) is 0. The first kappa shape index (κ1) is 14.5. The number of nitriles is 6. The molecule has 0 aromatic heterocycles. The third-order valence-electron chi connectivity index (χ3n) is 1.12. The molecule has 0 saturated carbocycles. The first-order valence-electron chi connectivity index (χ1n) is 2.34. The molecule has 0 N–H and O–H groups in total. The van der Waals surface area contributed by atoms with Gasteiger partial charge in [0.05, 0.1) is 0 Å². The minimum Gasteiger partial charge on any atom is 0 e. The molecule has 0 aromatic carbocycles. The molecule has 0 bridgehead atoms. The zero-order valence-corrected chi connectivity index (χ0v) is 8.62. The second-order valence-electron chi connectivity index (χ2n) is 1.70. The van der Waals surface area contributed by atoms with Crippen molar-refractivity contribution in [1.82, 2.24) is 0 Å². The van der Waals surface area contributed by atoms with Gasteiger partial charge in [-0.1, -0.05) is 0 Å². The Bertz CT molecular complexity index is 392. The molecule has 0 aromatic rings.